The normalized spacial score (nSPS) is 11.0. The summed E-state index contributed by atoms with van der Waals surface area (Å²) in [5, 5.41) is 10.0. The zero-order chi connectivity index (χ0) is 26.5. The SMILES string of the molecule is Cc1ccc(C(=O)Oc2ccc3ccccc3c2/C=N\NC(=O)C(=O)Nc2cccc3ccccc23)cc1. The summed E-state index contributed by atoms with van der Waals surface area (Å²) in [7, 11) is 0. The zero-order valence-corrected chi connectivity index (χ0v) is 20.5. The van der Waals surface area contributed by atoms with Gasteiger partial charge in [-0.25, -0.2) is 10.2 Å². The van der Waals surface area contributed by atoms with Crippen LogP contribution in [0.1, 0.15) is 21.5 Å². The second-order valence-corrected chi connectivity index (χ2v) is 8.63. The van der Waals surface area contributed by atoms with Crippen molar-refractivity contribution in [3.05, 3.63) is 120 Å². The van der Waals surface area contributed by atoms with Crippen molar-refractivity contribution < 1.29 is 19.1 Å². The number of hydrogen-bond acceptors (Lipinski definition) is 5. The van der Waals surface area contributed by atoms with Crippen molar-refractivity contribution in [2.45, 2.75) is 6.92 Å². The first-order valence-electron chi connectivity index (χ1n) is 11.9. The Kier molecular flexibility index (Phi) is 6.91. The highest BCUT2D eigenvalue weighted by Crippen LogP contribution is 2.27. The maximum absolute atomic E-state index is 12.8. The average molecular weight is 502 g/mol. The Hall–Kier alpha value is -5.30. The average Bonchev–Trinajstić information content (AvgIpc) is 2.94. The van der Waals surface area contributed by atoms with E-state index in [1.807, 2.05) is 79.7 Å². The van der Waals surface area contributed by atoms with Crippen molar-refractivity contribution in [2.75, 3.05) is 5.32 Å². The number of aryl methyl sites for hydroxylation is 1. The van der Waals surface area contributed by atoms with Gasteiger partial charge < -0.3 is 10.1 Å². The summed E-state index contributed by atoms with van der Waals surface area (Å²) in [5.74, 6) is -2.05. The number of hydrazone groups is 1. The van der Waals surface area contributed by atoms with E-state index in [0.29, 0.717) is 16.8 Å². The third-order valence-electron chi connectivity index (χ3n) is 6.02. The number of hydrogen-bond donors (Lipinski definition) is 2. The second kappa shape index (κ2) is 10.8. The van der Waals surface area contributed by atoms with Crippen LogP contribution in [0.4, 0.5) is 5.69 Å². The van der Waals surface area contributed by atoms with Crippen molar-refractivity contribution >= 4 is 51.2 Å². The summed E-state index contributed by atoms with van der Waals surface area (Å²) in [5.41, 5.74) is 4.70. The van der Waals surface area contributed by atoms with Crippen molar-refractivity contribution in [3.63, 3.8) is 0 Å². The third kappa shape index (κ3) is 5.27. The summed E-state index contributed by atoms with van der Waals surface area (Å²) in [4.78, 5) is 37.8. The minimum atomic E-state index is -0.937. The molecule has 0 aliphatic rings. The largest absolute Gasteiger partial charge is 0.422 e. The van der Waals surface area contributed by atoms with Gasteiger partial charge in [0.2, 0.25) is 0 Å². The lowest BCUT2D eigenvalue weighted by Crippen LogP contribution is -2.32. The Bertz CT molecular complexity index is 1700. The van der Waals surface area contributed by atoms with E-state index in [4.69, 9.17) is 4.74 Å². The molecular formula is C31H23N3O4. The lowest BCUT2D eigenvalue weighted by atomic mass is 10.0. The molecule has 2 amide bonds. The van der Waals surface area contributed by atoms with Crippen molar-refractivity contribution in [3.8, 4) is 5.75 Å². The molecule has 0 saturated carbocycles. The number of nitrogens with one attached hydrogen (secondary N) is 2. The Morgan fingerprint density at radius 3 is 2.13 bits per heavy atom. The van der Waals surface area contributed by atoms with Crippen LogP contribution in [-0.4, -0.2) is 24.0 Å². The Morgan fingerprint density at radius 2 is 1.37 bits per heavy atom. The summed E-state index contributed by atoms with van der Waals surface area (Å²) in [6.45, 7) is 1.93. The van der Waals surface area contributed by atoms with Gasteiger partial charge in [-0.05, 0) is 47.3 Å². The van der Waals surface area contributed by atoms with Crippen LogP contribution >= 0.6 is 0 Å². The number of benzene rings is 5. The van der Waals surface area contributed by atoms with E-state index in [0.717, 1.165) is 27.1 Å². The highest BCUT2D eigenvalue weighted by molar-refractivity contribution is 6.40. The molecule has 0 saturated heterocycles. The molecule has 5 aromatic carbocycles. The fraction of sp³-hybridized carbons (Fsp3) is 0.0323. The molecule has 0 bridgehead atoms. The molecule has 5 aromatic rings. The van der Waals surface area contributed by atoms with Gasteiger partial charge in [-0.2, -0.15) is 5.10 Å². The molecule has 0 unspecified atom stereocenters. The number of anilines is 1. The number of fused-ring (bicyclic) bond motifs is 2. The lowest BCUT2D eigenvalue weighted by molar-refractivity contribution is -0.136. The van der Waals surface area contributed by atoms with E-state index in [2.05, 4.69) is 15.8 Å². The summed E-state index contributed by atoms with van der Waals surface area (Å²) < 4.78 is 5.68. The molecule has 0 spiro atoms. The van der Waals surface area contributed by atoms with Crippen molar-refractivity contribution in [1.29, 1.82) is 0 Å². The van der Waals surface area contributed by atoms with Gasteiger partial charge in [-0.15, -0.1) is 0 Å². The van der Waals surface area contributed by atoms with Gasteiger partial charge in [0, 0.05) is 16.6 Å². The molecule has 0 aliphatic heterocycles. The monoisotopic (exact) mass is 501 g/mol. The standard InChI is InChI=1S/C31H23N3O4/c1-20-13-15-23(16-14-20)31(37)38-28-18-17-22-8-2-4-10-24(22)26(28)19-32-34-30(36)29(35)33-27-12-6-9-21-7-3-5-11-25(21)27/h2-19H,1H3,(H,33,35)(H,34,36)/b32-19-. The van der Waals surface area contributed by atoms with E-state index >= 15 is 0 Å². The molecule has 7 heteroatoms. The van der Waals surface area contributed by atoms with Gasteiger partial charge in [0.25, 0.3) is 0 Å². The third-order valence-corrected chi connectivity index (χ3v) is 6.02. The quantitative estimate of drug-likeness (QED) is 0.108. The first-order chi connectivity index (χ1) is 18.5. The first-order valence-corrected chi connectivity index (χ1v) is 11.9. The second-order valence-electron chi connectivity index (χ2n) is 8.63. The predicted octanol–water partition coefficient (Wildman–Crippen LogP) is 5.61. The smallest absolute Gasteiger partial charge is 0.343 e. The molecule has 0 radical (unpaired) electrons. The zero-order valence-electron chi connectivity index (χ0n) is 20.5. The predicted molar refractivity (Wildman–Crippen MR) is 148 cm³/mol. The minimum absolute atomic E-state index is 0.271. The summed E-state index contributed by atoms with van der Waals surface area (Å²) in [6, 6.07) is 31.0. The molecule has 186 valence electrons. The Morgan fingerprint density at radius 1 is 0.711 bits per heavy atom. The number of amides is 2. The van der Waals surface area contributed by atoms with Crippen LogP contribution in [0, 0.1) is 6.92 Å². The van der Waals surface area contributed by atoms with E-state index in [1.54, 1.807) is 30.3 Å². The van der Waals surface area contributed by atoms with Gasteiger partial charge in [0.1, 0.15) is 5.75 Å². The van der Waals surface area contributed by atoms with E-state index in [9.17, 15) is 14.4 Å². The molecular weight excluding hydrogens is 478 g/mol. The van der Waals surface area contributed by atoms with Crippen LogP contribution in [0.25, 0.3) is 21.5 Å². The van der Waals surface area contributed by atoms with Crippen LogP contribution in [-0.2, 0) is 9.59 Å². The molecule has 0 aliphatic carbocycles. The van der Waals surface area contributed by atoms with Gasteiger partial charge in [0.15, 0.2) is 0 Å². The van der Waals surface area contributed by atoms with Crippen molar-refractivity contribution in [2.24, 2.45) is 5.10 Å². The van der Waals surface area contributed by atoms with Crippen LogP contribution < -0.4 is 15.5 Å². The number of rotatable bonds is 5. The number of carbonyl (C=O) groups is 3. The highest BCUT2D eigenvalue weighted by Gasteiger charge is 2.16. The fourth-order valence-electron chi connectivity index (χ4n) is 4.07. The van der Waals surface area contributed by atoms with Gasteiger partial charge in [-0.3, -0.25) is 9.59 Å². The van der Waals surface area contributed by atoms with E-state index in [-0.39, 0.29) is 5.75 Å². The van der Waals surface area contributed by atoms with Crippen molar-refractivity contribution in [1.82, 2.24) is 5.43 Å². The number of esters is 1. The molecule has 0 heterocycles. The Balaban J connectivity index is 1.35. The lowest BCUT2D eigenvalue weighted by Gasteiger charge is -2.11. The molecule has 5 rings (SSSR count). The van der Waals surface area contributed by atoms with Crippen LogP contribution in [0.3, 0.4) is 0 Å². The van der Waals surface area contributed by atoms with Gasteiger partial charge in [0.05, 0.1) is 11.8 Å². The molecule has 0 atom stereocenters. The minimum Gasteiger partial charge on any atom is -0.422 e. The maximum Gasteiger partial charge on any atom is 0.343 e. The molecule has 0 aromatic heterocycles. The molecule has 2 N–H and O–H groups in total. The van der Waals surface area contributed by atoms with Crippen LogP contribution in [0.2, 0.25) is 0 Å². The van der Waals surface area contributed by atoms with Crippen LogP contribution in [0.15, 0.2) is 108 Å². The molecule has 7 nitrogen and oxygen atoms in total. The highest BCUT2D eigenvalue weighted by atomic mass is 16.5. The van der Waals surface area contributed by atoms with E-state index in [1.165, 1.54) is 6.21 Å². The number of nitrogens with zero attached hydrogens (tertiary/aromatic N) is 1. The van der Waals surface area contributed by atoms with Gasteiger partial charge >= 0.3 is 17.8 Å². The molecule has 0 fully saturated rings. The van der Waals surface area contributed by atoms with E-state index < -0.39 is 17.8 Å². The first kappa shape index (κ1) is 24.4. The number of ether oxygens (including phenoxy) is 1. The fourth-order valence-corrected chi connectivity index (χ4v) is 4.07. The molecule has 38 heavy (non-hydrogen) atoms. The summed E-state index contributed by atoms with van der Waals surface area (Å²) >= 11 is 0. The maximum atomic E-state index is 12.8. The summed E-state index contributed by atoms with van der Waals surface area (Å²) in [6.07, 6.45) is 1.36. The van der Waals surface area contributed by atoms with Gasteiger partial charge in [-0.1, -0.05) is 84.4 Å². The number of carbonyl (C=O) groups excluding carboxylic acids is 3. The Labute approximate surface area is 218 Å². The topological polar surface area (TPSA) is 96.9 Å². The van der Waals surface area contributed by atoms with Crippen LogP contribution in [0.5, 0.6) is 5.75 Å².